The van der Waals surface area contributed by atoms with E-state index < -0.39 is 15.9 Å². The van der Waals surface area contributed by atoms with Gasteiger partial charge in [0.05, 0.1) is 21.2 Å². The molecule has 3 aromatic rings. The predicted molar refractivity (Wildman–Crippen MR) is 119 cm³/mol. The molecule has 158 valence electrons. The van der Waals surface area contributed by atoms with Crippen LogP contribution < -0.4 is 14.8 Å². The first-order valence-electron chi connectivity index (χ1n) is 9.10. The minimum atomic E-state index is -3.94. The highest BCUT2D eigenvalue weighted by atomic mass is 35.5. The zero-order valence-corrected chi connectivity index (χ0v) is 18.0. The van der Waals surface area contributed by atoms with Gasteiger partial charge in [-0.1, -0.05) is 41.9 Å². The Hall–Kier alpha value is -3.54. The van der Waals surface area contributed by atoms with Gasteiger partial charge in [-0.2, -0.15) is 5.26 Å². The van der Waals surface area contributed by atoms with Crippen LogP contribution in [0.2, 0.25) is 5.02 Å². The Balaban J connectivity index is 1.74. The molecule has 3 rings (SSSR count). The number of sulfonamides is 1. The molecule has 0 heterocycles. The first-order valence-corrected chi connectivity index (χ1v) is 11.0. The summed E-state index contributed by atoms with van der Waals surface area (Å²) < 4.78 is 33.6. The van der Waals surface area contributed by atoms with Crippen LogP contribution in [0.15, 0.2) is 71.6 Å². The highest BCUT2D eigenvalue weighted by Crippen LogP contribution is 2.27. The zero-order chi connectivity index (χ0) is 22.4. The molecule has 0 saturated carbocycles. The van der Waals surface area contributed by atoms with Crippen LogP contribution in [0.1, 0.15) is 11.1 Å². The molecule has 3 aromatic carbocycles. The normalized spacial score (nSPS) is 10.7. The van der Waals surface area contributed by atoms with Gasteiger partial charge in [-0.05, 0) is 48.9 Å². The third-order valence-electron chi connectivity index (χ3n) is 4.25. The quantitative estimate of drug-likeness (QED) is 0.551. The number of ether oxygens (including phenoxy) is 1. The number of para-hydroxylation sites is 2. The maximum atomic E-state index is 12.9. The second-order valence-corrected chi connectivity index (χ2v) is 8.57. The van der Waals surface area contributed by atoms with Crippen LogP contribution >= 0.6 is 11.6 Å². The van der Waals surface area contributed by atoms with Crippen molar-refractivity contribution < 1.29 is 17.9 Å². The van der Waals surface area contributed by atoms with Crippen molar-refractivity contribution in [1.82, 2.24) is 0 Å². The van der Waals surface area contributed by atoms with Gasteiger partial charge in [-0.3, -0.25) is 9.52 Å². The number of amides is 1. The lowest BCUT2D eigenvalue weighted by Gasteiger charge is -2.14. The molecular formula is C22H18ClN3O4S. The fourth-order valence-electron chi connectivity index (χ4n) is 2.74. The molecule has 0 spiro atoms. The number of hydrogen-bond acceptors (Lipinski definition) is 5. The summed E-state index contributed by atoms with van der Waals surface area (Å²) in [5.41, 5.74) is 1.34. The van der Waals surface area contributed by atoms with Crippen molar-refractivity contribution in [2.45, 2.75) is 11.8 Å². The summed E-state index contributed by atoms with van der Waals surface area (Å²) in [6.45, 7) is 1.31. The van der Waals surface area contributed by atoms with Gasteiger partial charge < -0.3 is 10.1 Å². The number of aryl methyl sites for hydroxylation is 1. The fraction of sp³-hybridized carbons (Fsp3) is 0.0909. The summed E-state index contributed by atoms with van der Waals surface area (Å²) in [6.07, 6.45) is 0. The summed E-state index contributed by atoms with van der Waals surface area (Å²) in [5.74, 6) is -0.213. The summed E-state index contributed by atoms with van der Waals surface area (Å²) in [5, 5.41) is 11.9. The van der Waals surface area contributed by atoms with E-state index in [1.54, 1.807) is 67.6 Å². The topological polar surface area (TPSA) is 108 Å². The maximum absolute atomic E-state index is 12.9. The fourth-order valence-corrected chi connectivity index (χ4v) is 4.33. The van der Waals surface area contributed by atoms with Gasteiger partial charge in [-0.15, -0.1) is 0 Å². The second kappa shape index (κ2) is 9.51. The number of rotatable bonds is 7. The molecule has 31 heavy (non-hydrogen) atoms. The SMILES string of the molecule is Cc1ccc(NC(=O)COc2ccccc2C#N)cc1S(=O)(=O)Nc1ccccc1Cl. The number of carbonyl (C=O) groups is 1. The molecule has 7 nitrogen and oxygen atoms in total. The number of halogens is 1. The molecule has 0 unspecified atom stereocenters. The van der Waals surface area contributed by atoms with E-state index in [-0.39, 0.29) is 33.6 Å². The van der Waals surface area contributed by atoms with Crippen molar-refractivity contribution in [3.05, 3.63) is 82.9 Å². The molecule has 0 aliphatic heterocycles. The Morgan fingerprint density at radius 3 is 2.55 bits per heavy atom. The van der Waals surface area contributed by atoms with Gasteiger partial charge in [0, 0.05) is 5.69 Å². The molecule has 0 radical (unpaired) electrons. The first-order chi connectivity index (χ1) is 14.8. The van der Waals surface area contributed by atoms with Crippen LogP contribution in [0.25, 0.3) is 0 Å². The van der Waals surface area contributed by atoms with Crippen LogP contribution in [0.4, 0.5) is 11.4 Å². The van der Waals surface area contributed by atoms with Crippen LogP contribution in [0.5, 0.6) is 5.75 Å². The summed E-state index contributed by atoms with van der Waals surface area (Å²) in [4.78, 5) is 12.3. The average Bonchev–Trinajstić information content (AvgIpc) is 2.75. The number of benzene rings is 3. The van der Waals surface area contributed by atoms with Crippen molar-refractivity contribution in [2.24, 2.45) is 0 Å². The third kappa shape index (κ3) is 5.54. The minimum absolute atomic E-state index is 0.000893. The van der Waals surface area contributed by atoms with E-state index in [1.165, 1.54) is 6.07 Å². The van der Waals surface area contributed by atoms with Gasteiger partial charge in [0.2, 0.25) is 0 Å². The lowest BCUT2D eigenvalue weighted by Crippen LogP contribution is -2.21. The summed E-state index contributed by atoms with van der Waals surface area (Å²) in [6, 6.07) is 19.5. The van der Waals surface area contributed by atoms with Gasteiger partial charge >= 0.3 is 0 Å². The zero-order valence-electron chi connectivity index (χ0n) is 16.4. The molecule has 0 bridgehead atoms. The van der Waals surface area contributed by atoms with E-state index in [4.69, 9.17) is 21.6 Å². The monoisotopic (exact) mass is 455 g/mol. The van der Waals surface area contributed by atoms with E-state index in [0.717, 1.165) is 0 Å². The molecule has 0 aliphatic carbocycles. The molecule has 2 N–H and O–H groups in total. The van der Waals surface area contributed by atoms with E-state index in [9.17, 15) is 13.2 Å². The van der Waals surface area contributed by atoms with E-state index in [0.29, 0.717) is 11.1 Å². The Kier molecular flexibility index (Phi) is 6.80. The molecule has 1 amide bonds. The predicted octanol–water partition coefficient (Wildman–Crippen LogP) is 4.34. The lowest BCUT2D eigenvalue weighted by molar-refractivity contribution is -0.118. The maximum Gasteiger partial charge on any atom is 0.262 e. The molecule has 0 aliphatic rings. The number of nitriles is 1. The lowest BCUT2D eigenvalue weighted by atomic mass is 10.2. The van der Waals surface area contributed by atoms with Crippen molar-refractivity contribution in [3.8, 4) is 11.8 Å². The van der Waals surface area contributed by atoms with Gasteiger partial charge in [0.1, 0.15) is 11.8 Å². The third-order valence-corrected chi connectivity index (χ3v) is 6.08. The standard InChI is InChI=1S/C22H18ClN3O4S/c1-15-10-11-17(25-22(27)14-30-20-9-5-2-6-16(20)13-24)12-21(15)31(28,29)26-19-8-4-3-7-18(19)23/h2-12,26H,14H2,1H3,(H,25,27). The van der Waals surface area contributed by atoms with Gasteiger partial charge in [0.25, 0.3) is 15.9 Å². The summed E-state index contributed by atoms with van der Waals surface area (Å²) >= 11 is 6.05. The Morgan fingerprint density at radius 1 is 1.10 bits per heavy atom. The Bertz CT molecular complexity index is 1270. The van der Waals surface area contributed by atoms with E-state index in [2.05, 4.69) is 10.0 Å². The summed E-state index contributed by atoms with van der Waals surface area (Å²) in [7, 11) is -3.94. The Labute approximate surface area is 185 Å². The van der Waals surface area contributed by atoms with Crippen molar-refractivity contribution in [1.29, 1.82) is 5.26 Å². The van der Waals surface area contributed by atoms with Crippen LogP contribution in [-0.4, -0.2) is 20.9 Å². The molecular weight excluding hydrogens is 438 g/mol. The van der Waals surface area contributed by atoms with E-state index >= 15 is 0 Å². The smallest absolute Gasteiger partial charge is 0.262 e. The highest BCUT2D eigenvalue weighted by molar-refractivity contribution is 7.92. The number of hydrogen-bond donors (Lipinski definition) is 2. The number of nitrogens with zero attached hydrogens (tertiary/aromatic N) is 1. The van der Waals surface area contributed by atoms with E-state index in [1.807, 2.05) is 6.07 Å². The molecule has 0 aromatic heterocycles. The van der Waals surface area contributed by atoms with Crippen LogP contribution in [0.3, 0.4) is 0 Å². The molecule has 0 atom stereocenters. The largest absolute Gasteiger partial charge is 0.482 e. The van der Waals surface area contributed by atoms with Crippen LogP contribution in [-0.2, 0) is 14.8 Å². The number of carbonyl (C=O) groups excluding carboxylic acids is 1. The van der Waals surface area contributed by atoms with Crippen LogP contribution in [0, 0.1) is 18.3 Å². The second-order valence-electron chi connectivity index (χ2n) is 6.51. The number of nitrogens with one attached hydrogen (secondary N) is 2. The molecule has 0 saturated heterocycles. The van der Waals surface area contributed by atoms with Crippen molar-refractivity contribution >= 4 is 38.9 Å². The number of anilines is 2. The highest BCUT2D eigenvalue weighted by Gasteiger charge is 2.19. The first kappa shape index (κ1) is 22.2. The van der Waals surface area contributed by atoms with Gasteiger partial charge in [-0.25, -0.2) is 8.42 Å². The molecule has 0 fully saturated rings. The van der Waals surface area contributed by atoms with Crippen molar-refractivity contribution in [3.63, 3.8) is 0 Å². The molecule has 9 heteroatoms. The Morgan fingerprint density at radius 2 is 1.81 bits per heavy atom. The van der Waals surface area contributed by atoms with Crippen molar-refractivity contribution in [2.75, 3.05) is 16.6 Å². The average molecular weight is 456 g/mol. The minimum Gasteiger partial charge on any atom is -0.482 e. The van der Waals surface area contributed by atoms with Gasteiger partial charge in [0.15, 0.2) is 6.61 Å².